The quantitative estimate of drug-likeness (QED) is 0.183. The van der Waals surface area contributed by atoms with Gasteiger partial charge >= 0.3 is 12.1 Å². The zero-order chi connectivity index (χ0) is 28.3. The molecule has 1 aliphatic heterocycles. The number of alkyl carbamates (subject to hydrolysis) is 1. The van der Waals surface area contributed by atoms with Gasteiger partial charge in [-0.25, -0.2) is 14.2 Å². The van der Waals surface area contributed by atoms with Crippen LogP contribution in [0.5, 0.6) is 0 Å². The molecule has 0 spiro atoms. The summed E-state index contributed by atoms with van der Waals surface area (Å²) < 4.78 is 13.5. The number of halogens is 2. The van der Waals surface area contributed by atoms with E-state index in [0.29, 0.717) is 17.8 Å². The molecule has 1 atom stereocenters. The Morgan fingerprint density at radius 3 is 2.59 bits per heavy atom. The van der Waals surface area contributed by atoms with Gasteiger partial charge in [-0.05, 0) is 51.7 Å². The molecule has 0 saturated heterocycles. The molecule has 9 nitrogen and oxygen atoms in total. The second kappa shape index (κ2) is 16.1. The molecule has 218 valence electrons. The summed E-state index contributed by atoms with van der Waals surface area (Å²) in [6, 6.07) is 18.3. The second-order valence-electron chi connectivity index (χ2n) is 9.34. The smallest absolute Gasteiger partial charge is 0.407 e. The number of benzene rings is 2. The van der Waals surface area contributed by atoms with E-state index in [1.807, 2.05) is 71.6 Å². The topological polar surface area (TPSA) is 101 Å². The maximum absolute atomic E-state index is 13.5. The van der Waals surface area contributed by atoms with Crippen LogP contribution in [0.25, 0.3) is 0 Å². The third kappa shape index (κ3) is 9.01. The molecule has 0 fully saturated rings. The number of anilines is 1. The number of carbonyl (C=O) groups is 3. The minimum absolute atomic E-state index is 0. The van der Waals surface area contributed by atoms with Gasteiger partial charge in [0.05, 0.1) is 17.6 Å². The van der Waals surface area contributed by atoms with Crippen LogP contribution in [0, 0.1) is 0 Å². The van der Waals surface area contributed by atoms with Crippen LogP contribution in [-0.2, 0) is 27.2 Å². The Kier molecular flexibility index (Phi) is 12.6. The van der Waals surface area contributed by atoms with Gasteiger partial charge < -0.3 is 37.4 Å². The Balaban J connectivity index is 0.00000462. The molecule has 0 bridgehead atoms. The molecule has 0 radical (unpaired) electrons. The van der Waals surface area contributed by atoms with Crippen LogP contribution in [0.3, 0.4) is 0 Å². The molecule has 41 heavy (non-hydrogen) atoms. The van der Waals surface area contributed by atoms with Crippen molar-refractivity contribution in [1.29, 1.82) is 0 Å². The molecule has 11 heteroatoms. The number of hydrogen-bond donors (Lipinski definition) is 2. The Labute approximate surface area is 254 Å². The summed E-state index contributed by atoms with van der Waals surface area (Å²) in [6.45, 7) is 3.83. The normalized spacial score (nSPS) is 13.8. The average Bonchev–Trinajstić information content (AvgIpc) is 2.97. The lowest BCUT2D eigenvalue weighted by molar-refractivity contribution is -0.697. The molecule has 1 aromatic heterocycles. The molecule has 2 heterocycles. The Morgan fingerprint density at radius 2 is 1.80 bits per heavy atom. The average molecular weight is 646 g/mol. The van der Waals surface area contributed by atoms with Gasteiger partial charge in [-0.15, -0.1) is 0 Å². The minimum atomic E-state index is -0.652. The number of aryl methyl sites for hydroxylation is 1. The molecule has 4 rings (SSSR count). The van der Waals surface area contributed by atoms with Gasteiger partial charge in [-0.2, -0.15) is 0 Å². The number of para-hydroxylation sites is 1. The number of rotatable bonds is 11. The van der Waals surface area contributed by atoms with Gasteiger partial charge in [-0.1, -0.05) is 49.4 Å². The highest BCUT2D eigenvalue weighted by atomic mass is 79.9. The zero-order valence-corrected chi connectivity index (χ0v) is 25.2. The van der Waals surface area contributed by atoms with E-state index in [1.54, 1.807) is 11.0 Å². The number of amides is 2. The molecule has 3 aromatic rings. The number of aromatic nitrogens is 1. The summed E-state index contributed by atoms with van der Waals surface area (Å²) in [5.41, 5.74) is 3.27. The van der Waals surface area contributed by atoms with Crippen molar-refractivity contribution < 1.29 is 40.8 Å². The van der Waals surface area contributed by atoms with Crippen molar-refractivity contribution >= 4 is 39.6 Å². The Hall–Kier alpha value is -3.47. The lowest BCUT2D eigenvalue weighted by Gasteiger charge is -2.25. The number of nitrogens with zero attached hydrogens (tertiary/aromatic N) is 2. The van der Waals surface area contributed by atoms with Crippen molar-refractivity contribution in [3.63, 3.8) is 0 Å². The molecule has 2 amide bonds. The summed E-state index contributed by atoms with van der Waals surface area (Å²) in [6.07, 6.45) is 4.90. The van der Waals surface area contributed by atoms with Gasteiger partial charge in [-0.3, -0.25) is 4.79 Å². The summed E-state index contributed by atoms with van der Waals surface area (Å²) >= 11 is 3.49. The van der Waals surface area contributed by atoms with Crippen LogP contribution in [0.4, 0.5) is 10.5 Å². The van der Waals surface area contributed by atoms with Crippen LogP contribution in [0.1, 0.15) is 40.9 Å². The monoisotopic (exact) mass is 644 g/mol. The van der Waals surface area contributed by atoms with E-state index in [1.165, 1.54) is 0 Å². The second-order valence-corrected chi connectivity index (χ2v) is 10.3. The molecule has 1 unspecified atom stereocenters. The van der Waals surface area contributed by atoms with Crippen molar-refractivity contribution in [3.8, 4) is 0 Å². The van der Waals surface area contributed by atoms with Crippen LogP contribution in [0.15, 0.2) is 77.5 Å². The number of nitrogens with one attached hydrogen (secondary N) is 2. The molecule has 0 saturated carbocycles. The van der Waals surface area contributed by atoms with E-state index in [2.05, 4.69) is 33.5 Å². The lowest BCUT2D eigenvalue weighted by Crippen LogP contribution is -3.00. The predicted octanol–water partition coefficient (Wildman–Crippen LogP) is 0.954. The summed E-state index contributed by atoms with van der Waals surface area (Å²) in [5, 5.41) is 5.78. The summed E-state index contributed by atoms with van der Waals surface area (Å²) in [4.78, 5) is 39.9. The fraction of sp³-hybridized carbons (Fsp3) is 0.333. The number of carbonyl (C=O) groups excluding carboxylic acids is 3. The van der Waals surface area contributed by atoms with Crippen LogP contribution < -0.4 is 32.5 Å². The maximum atomic E-state index is 13.5. The fourth-order valence-corrected chi connectivity index (χ4v) is 5.11. The van der Waals surface area contributed by atoms with E-state index in [0.717, 1.165) is 35.0 Å². The van der Waals surface area contributed by atoms with E-state index in [-0.39, 0.29) is 50.6 Å². The van der Waals surface area contributed by atoms with Crippen LogP contribution in [-0.4, -0.2) is 50.8 Å². The lowest BCUT2D eigenvalue weighted by atomic mass is 9.94. The van der Waals surface area contributed by atoms with Crippen LogP contribution in [0.2, 0.25) is 0 Å². The van der Waals surface area contributed by atoms with Gasteiger partial charge in [0.1, 0.15) is 31.4 Å². The highest BCUT2D eigenvalue weighted by molar-refractivity contribution is 9.10. The fourth-order valence-electron chi connectivity index (χ4n) is 4.60. The largest absolute Gasteiger partial charge is 1.00 e. The van der Waals surface area contributed by atoms with Crippen molar-refractivity contribution in [3.05, 3.63) is 94.2 Å². The first-order valence-electron chi connectivity index (χ1n) is 13.4. The molecular weight excluding hydrogens is 612 g/mol. The SMILES string of the molecule is CCC[n+]1cc(Br)cc(C(=O)N(CCOC(=O)NCCOC(=O)C2NCCc3ccccc32)c2ccccc2)c1.[Cl-]. The van der Waals surface area contributed by atoms with Crippen LogP contribution >= 0.6 is 15.9 Å². The Bertz CT molecular complexity index is 1330. The van der Waals surface area contributed by atoms with Crippen molar-refractivity contribution in [1.82, 2.24) is 10.6 Å². The molecule has 0 aliphatic carbocycles. The number of esters is 1. The van der Waals surface area contributed by atoms with E-state index in [4.69, 9.17) is 9.47 Å². The van der Waals surface area contributed by atoms with Crippen molar-refractivity contribution in [2.24, 2.45) is 0 Å². The number of ether oxygens (including phenoxy) is 2. The number of fused-ring (bicyclic) bond motifs is 1. The minimum Gasteiger partial charge on any atom is -1.00 e. The molecular formula is C30H34BrClN4O5. The summed E-state index contributed by atoms with van der Waals surface area (Å²) in [5.74, 6) is -0.585. The first kappa shape index (κ1) is 32.0. The predicted molar refractivity (Wildman–Crippen MR) is 154 cm³/mol. The summed E-state index contributed by atoms with van der Waals surface area (Å²) in [7, 11) is 0. The number of pyridine rings is 1. The molecule has 2 aromatic carbocycles. The van der Waals surface area contributed by atoms with Crippen molar-refractivity contribution in [2.75, 3.05) is 37.7 Å². The van der Waals surface area contributed by atoms with Gasteiger partial charge in [0.25, 0.3) is 5.91 Å². The third-order valence-electron chi connectivity index (χ3n) is 6.44. The standard InChI is InChI=1S/C30H33BrN4O5.ClH/c1-2-15-34-20-23(19-24(31)21-34)28(36)35(25-9-4-3-5-10-25)16-18-40-30(38)33-14-17-39-29(37)27-26-11-7-6-8-22(26)12-13-32-27;/h3-11,19-21,27,32H,2,12-18H2,1H3;1H. The van der Waals surface area contributed by atoms with Gasteiger partial charge in [0.15, 0.2) is 12.4 Å². The van der Waals surface area contributed by atoms with E-state index < -0.39 is 12.1 Å². The van der Waals surface area contributed by atoms with Crippen molar-refractivity contribution in [2.45, 2.75) is 32.4 Å². The van der Waals surface area contributed by atoms with E-state index >= 15 is 0 Å². The maximum Gasteiger partial charge on any atom is 0.407 e. The van der Waals surface area contributed by atoms with Gasteiger partial charge in [0.2, 0.25) is 0 Å². The van der Waals surface area contributed by atoms with E-state index in [9.17, 15) is 14.4 Å². The Morgan fingerprint density at radius 1 is 1.05 bits per heavy atom. The zero-order valence-electron chi connectivity index (χ0n) is 22.9. The third-order valence-corrected chi connectivity index (χ3v) is 6.87. The molecule has 2 N–H and O–H groups in total. The first-order valence-corrected chi connectivity index (χ1v) is 14.2. The molecule has 1 aliphatic rings. The first-order chi connectivity index (χ1) is 19.5. The highest BCUT2D eigenvalue weighted by Gasteiger charge is 2.27. The number of hydrogen-bond acceptors (Lipinski definition) is 6. The van der Waals surface area contributed by atoms with Gasteiger partial charge in [0, 0.05) is 18.7 Å². The highest BCUT2D eigenvalue weighted by Crippen LogP contribution is 2.23.